The fourth-order valence-corrected chi connectivity index (χ4v) is 1.07. The van der Waals surface area contributed by atoms with E-state index < -0.39 is 24.0 Å². The van der Waals surface area contributed by atoms with Gasteiger partial charge in [0.25, 0.3) is 0 Å². The Hall–Kier alpha value is -1.83. The number of nitrogens with one attached hydrogen (secondary N) is 1. The number of carboxylic acids is 1. The molecule has 0 aromatic carbocycles. The number of nitrogens with two attached hydrogens (primary N) is 1. The van der Waals surface area contributed by atoms with Crippen LogP contribution in [0.4, 0.5) is 4.79 Å². The topological polar surface area (TPSA) is 133 Å². The van der Waals surface area contributed by atoms with Crippen LogP contribution in [-0.4, -0.2) is 58.8 Å². The third-order valence-corrected chi connectivity index (χ3v) is 1.99. The Morgan fingerprint density at radius 2 is 2.00 bits per heavy atom. The second-order valence-corrected chi connectivity index (χ2v) is 3.36. The molecule has 0 radical (unpaired) electrons. The average molecular weight is 247 g/mol. The van der Waals surface area contributed by atoms with Gasteiger partial charge in [0.05, 0.1) is 0 Å². The normalized spacial score (nSPS) is 11.6. The number of aliphatic hydroxyl groups is 1. The number of urea groups is 1. The number of amides is 3. The molecule has 0 aromatic heterocycles. The first kappa shape index (κ1) is 15.2. The van der Waals surface area contributed by atoms with Crippen LogP contribution >= 0.6 is 0 Å². The zero-order chi connectivity index (χ0) is 13.4. The van der Waals surface area contributed by atoms with Gasteiger partial charge >= 0.3 is 12.0 Å². The molecule has 1 unspecified atom stereocenters. The molecular formula is C9H17N3O5. The third kappa shape index (κ3) is 6.36. The highest BCUT2D eigenvalue weighted by molar-refractivity contribution is 5.82. The van der Waals surface area contributed by atoms with Crippen LogP contribution in [0.1, 0.15) is 13.3 Å². The fourth-order valence-electron chi connectivity index (χ4n) is 1.07. The highest BCUT2D eigenvalue weighted by Crippen LogP contribution is 1.92. The van der Waals surface area contributed by atoms with E-state index in [4.69, 9.17) is 15.9 Å². The number of nitrogens with zero attached hydrogens (tertiary/aromatic N) is 1. The minimum atomic E-state index is -1.51. The summed E-state index contributed by atoms with van der Waals surface area (Å²) < 4.78 is 0. The highest BCUT2D eigenvalue weighted by Gasteiger charge is 2.16. The van der Waals surface area contributed by atoms with Crippen LogP contribution in [0.3, 0.4) is 0 Å². The number of carboxylic acid groups (broad SMARTS) is 1. The van der Waals surface area contributed by atoms with Gasteiger partial charge in [0.15, 0.2) is 6.10 Å². The Kier molecular flexibility index (Phi) is 6.64. The lowest BCUT2D eigenvalue weighted by Crippen LogP contribution is -2.45. The molecule has 5 N–H and O–H groups in total. The summed E-state index contributed by atoms with van der Waals surface area (Å²) in [5.41, 5.74) is 4.95. The van der Waals surface area contributed by atoms with Gasteiger partial charge in [0.2, 0.25) is 5.91 Å². The summed E-state index contributed by atoms with van der Waals surface area (Å²) in [7, 11) is 0. The maximum absolute atomic E-state index is 11.4. The van der Waals surface area contributed by atoms with Gasteiger partial charge in [-0.1, -0.05) is 0 Å². The summed E-state index contributed by atoms with van der Waals surface area (Å²) in [5.74, 6) is -1.98. The zero-order valence-corrected chi connectivity index (χ0v) is 9.55. The number of aliphatic carboxylic acids is 1. The molecule has 0 saturated heterocycles. The van der Waals surface area contributed by atoms with Gasteiger partial charge in [0, 0.05) is 19.5 Å². The van der Waals surface area contributed by atoms with Gasteiger partial charge in [-0.25, -0.2) is 9.59 Å². The fraction of sp³-hybridized carbons (Fsp3) is 0.667. The minimum Gasteiger partial charge on any atom is -0.479 e. The van der Waals surface area contributed by atoms with Crippen molar-refractivity contribution in [3.8, 4) is 0 Å². The molecule has 1 atom stereocenters. The molecule has 0 bridgehead atoms. The van der Waals surface area contributed by atoms with Crippen LogP contribution in [0.5, 0.6) is 0 Å². The summed E-state index contributed by atoms with van der Waals surface area (Å²) in [4.78, 5) is 33.5. The minimum absolute atomic E-state index is 0.00155. The second-order valence-electron chi connectivity index (χ2n) is 3.36. The maximum Gasteiger partial charge on any atom is 0.332 e. The Morgan fingerprint density at radius 3 is 2.41 bits per heavy atom. The van der Waals surface area contributed by atoms with E-state index in [-0.39, 0.29) is 19.5 Å². The molecule has 0 saturated carbocycles. The van der Waals surface area contributed by atoms with Crippen molar-refractivity contribution in [3.63, 3.8) is 0 Å². The molecule has 0 rings (SSSR count). The number of carbonyl (C=O) groups is 3. The van der Waals surface area contributed by atoms with Gasteiger partial charge in [0.1, 0.15) is 6.54 Å². The number of primary amides is 1. The number of hydrogen-bond donors (Lipinski definition) is 4. The van der Waals surface area contributed by atoms with E-state index in [2.05, 4.69) is 5.32 Å². The van der Waals surface area contributed by atoms with Crippen molar-refractivity contribution in [2.24, 2.45) is 5.73 Å². The zero-order valence-electron chi connectivity index (χ0n) is 9.55. The van der Waals surface area contributed by atoms with Crippen LogP contribution in [-0.2, 0) is 9.59 Å². The number of carbonyl (C=O) groups excluding carboxylic acids is 2. The van der Waals surface area contributed by atoms with E-state index >= 15 is 0 Å². The smallest absolute Gasteiger partial charge is 0.332 e. The van der Waals surface area contributed by atoms with Crippen LogP contribution in [0, 0.1) is 0 Å². The molecular weight excluding hydrogens is 230 g/mol. The van der Waals surface area contributed by atoms with Gasteiger partial charge in [-0.15, -0.1) is 0 Å². The van der Waals surface area contributed by atoms with Crippen LogP contribution < -0.4 is 11.1 Å². The molecule has 17 heavy (non-hydrogen) atoms. The van der Waals surface area contributed by atoms with Crippen molar-refractivity contribution in [1.82, 2.24) is 10.2 Å². The molecule has 0 aromatic rings. The van der Waals surface area contributed by atoms with E-state index in [0.717, 1.165) is 0 Å². The lowest BCUT2D eigenvalue weighted by atomic mass is 10.2. The molecule has 8 heteroatoms. The average Bonchev–Trinajstić information content (AvgIpc) is 2.24. The monoisotopic (exact) mass is 247 g/mol. The Labute approximate surface area is 98.4 Å². The van der Waals surface area contributed by atoms with Gasteiger partial charge in [-0.3, -0.25) is 4.79 Å². The molecule has 0 aliphatic heterocycles. The van der Waals surface area contributed by atoms with Crippen LogP contribution in [0.15, 0.2) is 0 Å². The first-order valence-electron chi connectivity index (χ1n) is 5.10. The molecule has 8 nitrogen and oxygen atoms in total. The van der Waals surface area contributed by atoms with Gasteiger partial charge < -0.3 is 26.2 Å². The molecule has 0 spiro atoms. The van der Waals surface area contributed by atoms with Crippen molar-refractivity contribution >= 4 is 17.9 Å². The van der Waals surface area contributed by atoms with Crippen molar-refractivity contribution < 1.29 is 24.6 Å². The van der Waals surface area contributed by atoms with E-state index in [1.165, 1.54) is 4.90 Å². The largest absolute Gasteiger partial charge is 0.479 e. The lowest BCUT2D eigenvalue weighted by Gasteiger charge is -2.19. The summed E-state index contributed by atoms with van der Waals surface area (Å²) in [6.07, 6.45) is -1.61. The number of likely N-dealkylation sites (N-methyl/N-ethyl adjacent to an activating group) is 1. The Morgan fingerprint density at radius 1 is 1.41 bits per heavy atom. The van der Waals surface area contributed by atoms with Crippen molar-refractivity contribution in [2.75, 3.05) is 19.6 Å². The van der Waals surface area contributed by atoms with E-state index in [1.807, 2.05) is 0 Å². The van der Waals surface area contributed by atoms with Crippen molar-refractivity contribution in [3.05, 3.63) is 0 Å². The van der Waals surface area contributed by atoms with E-state index in [1.54, 1.807) is 6.92 Å². The Balaban J connectivity index is 3.98. The van der Waals surface area contributed by atoms with E-state index in [9.17, 15) is 14.4 Å². The first-order chi connectivity index (χ1) is 7.88. The van der Waals surface area contributed by atoms with Crippen LogP contribution in [0.2, 0.25) is 0 Å². The van der Waals surface area contributed by atoms with E-state index in [0.29, 0.717) is 6.54 Å². The molecule has 0 fully saturated rings. The van der Waals surface area contributed by atoms with Crippen molar-refractivity contribution in [2.45, 2.75) is 19.4 Å². The summed E-state index contributed by atoms with van der Waals surface area (Å²) >= 11 is 0. The number of rotatable bonds is 7. The first-order valence-corrected chi connectivity index (χ1v) is 5.10. The van der Waals surface area contributed by atoms with Gasteiger partial charge in [-0.05, 0) is 6.92 Å². The quantitative estimate of drug-likeness (QED) is 0.427. The molecule has 3 amide bonds. The highest BCUT2D eigenvalue weighted by atomic mass is 16.4. The SMILES string of the molecule is CCN(CC(N)=O)C(=O)NCCC(O)C(=O)O. The number of hydrogen-bond acceptors (Lipinski definition) is 4. The molecule has 0 heterocycles. The number of aliphatic hydroxyl groups excluding tert-OH is 1. The molecule has 0 aliphatic carbocycles. The standard InChI is InChI=1S/C9H17N3O5/c1-2-12(5-7(10)14)9(17)11-4-3-6(13)8(15)16/h6,13H,2-5H2,1H3,(H2,10,14)(H,11,17)(H,15,16). The maximum atomic E-state index is 11.4. The predicted molar refractivity (Wildman–Crippen MR) is 58.1 cm³/mol. The summed E-state index contributed by atoms with van der Waals surface area (Å²) in [5, 5.41) is 19.7. The van der Waals surface area contributed by atoms with Crippen LogP contribution in [0.25, 0.3) is 0 Å². The van der Waals surface area contributed by atoms with Gasteiger partial charge in [-0.2, -0.15) is 0 Å². The lowest BCUT2D eigenvalue weighted by molar-refractivity contribution is -0.146. The summed E-state index contributed by atoms with van der Waals surface area (Å²) in [6.45, 7) is 1.77. The second kappa shape index (κ2) is 7.44. The summed E-state index contributed by atoms with van der Waals surface area (Å²) in [6, 6.07) is -0.524. The Bertz CT molecular complexity index is 294. The molecule has 98 valence electrons. The van der Waals surface area contributed by atoms with Crippen molar-refractivity contribution in [1.29, 1.82) is 0 Å². The molecule has 0 aliphatic rings. The predicted octanol–water partition coefficient (Wildman–Crippen LogP) is -1.66. The third-order valence-electron chi connectivity index (χ3n) is 1.99.